The van der Waals surface area contributed by atoms with Gasteiger partial charge in [-0.15, -0.1) is 0 Å². The Morgan fingerprint density at radius 2 is 1.84 bits per heavy atom. The molecule has 19 heavy (non-hydrogen) atoms. The molecule has 3 nitrogen and oxygen atoms in total. The van der Waals surface area contributed by atoms with Gasteiger partial charge in [0.15, 0.2) is 0 Å². The Hall–Kier alpha value is -1.03. The third kappa shape index (κ3) is 2.64. The molecule has 0 radical (unpaired) electrons. The molecule has 0 saturated carbocycles. The van der Waals surface area contributed by atoms with E-state index in [-0.39, 0.29) is 5.92 Å². The fourth-order valence-corrected chi connectivity index (χ4v) is 2.55. The maximum atomic E-state index is 10.6. The van der Waals surface area contributed by atoms with E-state index in [0.29, 0.717) is 21.3 Å². The van der Waals surface area contributed by atoms with Crippen LogP contribution in [0.3, 0.4) is 0 Å². The number of rotatable bonds is 3. The maximum absolute atomic E-state index is 10.6. The van der Waals surface area contributed by atoms with Crippen LogP contribution >= 0.6 is 23.2 Å². The van der Waals surface area contributed by atoms with E-state index in [1.165, 1.54) is 0 Å². The first-order valence-corrected chi connectivity index (χ1v) is 6.83. The highest BCUT2D eigenvalue weighted by Gasteiger charge is 2.25. The van der Waals surface area contributed by atoms with Crippen LogP contribution in [0.25, 0.3) is 0 Å². The molecule has 1 aromatic heterocycles. The summed E-state index contributed by atoms with van der Waals surface area (Å²) in [6.45, 7) is 4.03. The average Bonchev–Trinajstić information content (AvgIpc) is 2.66. The van der Waals surface area contributed by atoms with E-state index < -0.39 is 6.10 Å². The summed E-state index contributed by atoms with van der Waals surface area (Å²) < 4.78 is 1.58. The molecule has 2 rings (SSSR count). The Morgan fingerprint density at radius 3 is 2.42 bits per heavy atom. The number of halogens is 2. The minimum atomic E-state index is -0.868. The van der Waals surface area contributed by atoms with Gasteiger partial charge in [-0.1, -0.05) is 55.2 Å². The van der Waals surface area contributed by atoms with Gasteiger partial charge < -0.3 is 5.11 Å². The summed E-state index contributed by atoms with van der Waals surface area (Å²) >= 11 is 12.4. The number of aryl methyl sites for hydroxylation is 1. The van der Waals surface area contributed by atoms with E-state index in [9.17, 15) is 5.11 Å². The van der Waals surface area contributed by atoms with Gasteiger partial charge in [0.25, 0.3) is 0 Å². The first-order valence-electron chi connectivity index (χ1n) is 6.08. The quantitative estimate of drug-likeness (QED) is 0.932. The average molecular weight is 299 g/mol. The molecule has 1 N–H and O–H groups in total. The van der Waals surface area contributed by atoms with Crippen molar-refractivity contribution in [1.82, 2.24) is 9.78 Å². The zero-order valence-corrected chi connectivity index (χ0v) is 12.6. The zero-order valence-electron chi connectivity index (χ0n) is 11.1. The van der Waals surface area contributed by atoms with Crippen molar-refractivity contribution in [2.45, 2.75) is 25.9 Å². The van der Waals surface area contributed by atoms with Crippen molar-refractivity contribution in [3.8, 4) is 0 Å². The molecule has 2 aromatic rings. The van der Waals surface area contributed by atoms with E-state index in [0.717, 1.165) is 5.69 Å². The fraction of sp³-hybridized carbons (Fsp3) is 0.357. The van der Waals surface area contributed by atoms with E-state index in [2.05, 4.69) is 5.10 Å². The molecular weight excluding hydrogens is 283 g/mol. The fourth-order valence-electron chi connectivity index (χ4n) is 2.07. The van der Waals surface area contributed by atoms with E-state index in [1.807, 2.05) is 26.0 Å². The number of nitrogens with zero attached hydrogens (tertiary/aromatic N) is 2. The van der Waals surface area contributed by atoms with Crippen LogP contribution in [0.5, 0.6) is 0 Å². The Labute approximate surface area is 122 Å². The minimum absolute atomic E-state index is 0.172. The zero-order chi connectivity index (χ0) is 14.2. The SMILES string of the molecule is CC(C)c1nn(C)c(Cl)c1C(O)c1ccccc1Cl. The van der Waals surface area contributed by atoms with Crippen LogP contribution in [-0.2, 0) is 7.05 Å². The normalized spacial score (nSPS) is 13.0. The van der Waals surface area contributed by atoms with Gasteiger partial charge in [-0.25, -0.2) is 0 Å². The number of hydrogen-bond donors (Lipinski definition) is 1. The molecule has 0 aliphatic heterocycles. The smallest absolute Gasteiger partial charge is 0.133 e. The second-order valence-corrected chi connectivity index (χ2v) is 5.56. The van der Waals surface area contributed by atoms with Gasteiger partial charge in [-0.2, -0.15) is 5.10 Å². The van der Waals surface area contributed by atoms with Crippen molar-refractivity contribution in [2.24, 2.45) is 7.05 Å². The Balaban J connectivity index is 2.56. The first-order chi connectivity index (χ1) is 8.93. The lowest BCUT2D eigenvalue weighted by Gasteiger charge is -2.14. The molecule has 0 saturated heterocycles. The molecule has 0 aliphatic rings. The first kappa shape index (κ1) is 14.4. The van der Waals surface area contributed by atoms with E-state index in [4.69, 9.17) is 23.2 Å². The van der Waals surface area contributed by atoms with Crippen molar-refractivity contribution < 1.29 is 5.11 Å². The number of aromatic nitrogens is 2. The lowest BCUT2D eigenvalue weighted by atomic mass is 9.97. The van der Waals surface area contributed by atoms with Crippen molar-refractivity contribution in [3.05, 3.63) is 51.3 Å². The van der Waals surface area contributed by atoms with Crippen LogP contribution < -0.4 is 0 Å². The summed E-state index contributed by atoms with van der Waals surface area (Å²) in [4.78, 5) is 0. The lowest BCUT2D eigenvalue weighted by Crippen LogP contribution is -2.04. The van der Waals surface area contributed by atoms with Crippen molar-refractivity contribution >= 4 is 23.2 Å². The highest BCUT2D eigenvalue weighted by atomic mass is 35.5. The highest BCUT2D eigenvalue weighted by molar-refractivity contribution is 6.32. The van der Waals surface area contributed by atoms with Crippen LogP contribution in [-0.4, -0.2) is 14.9 Å². The van der Waals surface area contributed by atoms with Crippen LogP contribution in [0.4, 0.5) is 0 Å². The summed E-state index contributed by atoms with van der Waals surface area (Å²) in [5, 5.41) is 15.9. The summed E-state index contributed by atoms with van der Waals surface area (Å²) in [5.74, 6) is 0.172. The third-order valence-electron chi connectivity index (χ3n) is 3.06. The van der Waals surface area contributed by atoms with Crippen LogP contribution in [0.15, 0.2) is 24.3 Å². The Morgan fingerprint density at radius 1 is 1.21 bits per heavy atom. The Bertz CT molecular complexity index is 593. The number of benzene rings is 1. The maximum Gasteiger partial charge on any atom is 0.133 e. The molecule has 1 unspecified atom stereocenters. The topological polar surface area (TPSA) is 38.0 Å². The second-order valence-electron chi connectivity index (χ2n) is 4.79. The summed E-state index contributed by atoms with van der Waals surface area (Å²) in [7, 11) is 1.76. The van der Waals surface area contributed by atoms with Crippen molar-refractivity contribution in [3.63, 3.8) is 0 Å². The van der Waals surface area contributed by atoms with Crippen LogP contribution in [0, 0.1) is 0 Å². The summed E-state index contributed by atoms with van der Waals surface area (Å²) in [6.07, 6.45) is -0.868. The van der Waals surface area contributed by atoms with Gasteiger partial charge in [0.2, 0.25) is 0 Å². The predicted octanol–water partition coefficient (Wildman–Crippen LogP) is 3.93. The molecular formula is C14H16Cl2N2O. The van der Waals surface area contributed by atoms with E-state index >= 15 is 0 Å². The molecule has 0 bridgehead atoms. The minimum Gasteiger partial charge on any atom is -0.383 e. The molecule has 0 amide bonds. The van der Waals surface area contributed by atoms with Gasteiger partial charge in [0.1, 0.15) is 11.3 Å². The van der Waals surface area contributed by atoms with Crippen molar-refractivity contribution in [2.75, 3.05) is 0 Å². The summed E-state index contributed by atoms with van der Waals surface area (Å²) in [5.41, 5.74) is 2.06. The molecule has 0 fully saturated rings. The Kier molecular flexibility index (Phi) is 4.19. The molecule has 0 aliphatic carbocycles. The van der Waals surface area contributed by atoms with Crippen LogP contribution in [0.2, 0.25) is 10.2 Å². The van der Waals surface area contributed by atoms with Gasteiger partial charge in [0.05, 0.1) is 5.69 Å². The molecule has 0 spiro atoms. The van der Waals surface area contributed by atoms with E-state index in [1.54, 1.807) is 23.9 Å². The van der Waals surface area contributed by atoms with Crippen LogP contribution in [0.1, 0.15) is 42.7 Å². The number of aliphatic hydroxyl groups excluding tert-OH is 1. The second kappa shape index (κ2) is 5.53. The number of hydrogen-bond acceptors (Lipinski definition) is 2. The van der Waals surface area contributed by atoms with Gasteiger partial charge in [-0.3, -0.25) is 4.68 Å². The predicted molar refractivity (Wildman–Crippen MR) is 77.8 cm³/mol. The molecule has 1 heterocycles. The molecule has 1 aromatic carbocycles. The lowest BCUT2D eigenvalue weighted by molar-refractivity contribution is 0.219. The highest BCUT2D eigenvalue weighted by Crippen LogP contribution is 2.36. The molecule has 102 valence electrons. The van der Waals surface area contributed by atoms with Gasteiger partial charge in [0, 0.05) is 23.2 Å². The third-order valence-corrected chi connectivity index (χ3v) is 3.85. The largest absolute Gasteiger partial charge is 0.383 e. The van der Waals surface area contributed by atoms with Gasteiger partial charge in [-0.05, 0) is 12.0 Å². The van der Waals surface area contributed by atoms with Crippen molar-refractivity contribution in [1.29, 1.82) is 0 Å². The number of aliphatic hydroxyl groups is 1. The summed E-state index contributed by atoms with van der Waals surface area (Å²) in [6, 6.07) is 7.20. The molecule has 5 heteroatoms. The monoisotopic (exact) mass is 298 g/mol. The standard InChI is InChI=1S/C14H16Cl2N2O/c1-8(2)12-11(14(16)18(3)17-12)13(19)9-6-4-5-7-10(9)15/h4-8,13,19H,1-3H3. The van der Waals surface area contributed by atoms with Gasteiger partial charge >= 0.3 is 0 Å². The molecule has 1 atom stereocenters.